The van der Waals surface area contributed by atoms with E-state index in [1.807, 2.05) is 0 Å². The number of phosphoric acid groups is 1. The van der Waals surface area contributed by atoms with E-state index in [0.717, 1.165) is 73.0 Å². The van der Waals surface area contributed by atoms with Crippen LogP contribution in [0.5, 0.6) is 0 Å². The summed E-state index contributed by atoms with van der Waals surface area (Å²) in [6, 6.07) is 0. The second kappa shape index (κ2) is 19.0. The van der Waals surface area contributed by atoms with Crippen molar-refractivity contribution in [3.63, 3.8) is 0 Å². The first-order valence-electron chi connectivity index (χ1n) is 25.6. The van der Waals surface area contributed by atoms with Gasteiger partial charge in [-0.3, -0.25) is 14.1 Å². The number of fused-ring (bicyclic) bond motifs is 6. The van der Waals surface area contributed by atoms with Crippen LogP contribution >= 0.6 is 7.82 Å². The van der Waals surface area contributed by atoms with Gasteiger partial charge in [0.2, 0.25) is 0 Å². The van der Waals surface area contributed by atoms with Gasteiger partial charge in [0.15, 0.2) is 0 Å². The molecule has 1 saturated heterocycles. The van der Waals surface area contributed by atoms with Crippen molar-refractivity contribution >= 4 is 19.8 Å². The Balaban J connectivity index is 0.927. The van der Waals surface area contributed by atoms with Crippen molar-refractivity contribution in [3.05, 3.63) is 23.8 Å². The zero-order valence-electron chi connectivity index (χ0n) is 40.5. The van der Waals surface area contributed by atoms with E-state index in [9.17, 15) is 23.9 Å². The minimum atomic E-state index is -4.72. The van der Waals surface area contributed by atoms with Crippen molar-refractivity contribution in [3.8, 4) is 0 Å². The molecule has 1 heterocycles. The second-order valence-corrected chi connectivity index (χ2v) is 25.5. The molecule has 9 heteroatoms. The van der Waals surface area contributed by atoms with Crippen LogP contribution in [0.4, 0.5) is 0 Å². The zero-order valence-corrected chi connectivity index (χ0v) is 41.4. The van der Waals surface area contributed by atoms with Crippen LogP contribution in [0, 0.1) is 93.2 Å². The van der Waals surface area contributed by atoms with Crippen LogP contribution in [0.25, 0.3) is 0 Å². The SMILES string of the molecule is CC(C)[C@H](C)CC[C@@H](C)[C@H]1CCC2C3CCC4CC(CCC(C)(C)C(=O)O[C@@H]5C[C@H](C)C=C6C=C[C@@H](C)[C@@H](CC[C@@H]7C[C@H](OP(=O)(O)O)CC(=O)O7)[C@@H]65)CC[C@]4(C)C3CC[C@@]21C. The maximum atomic E-state index is 14.3. The highest BCUT2D eigenvalue weighted by Gasteiger charge is 2.60. The van der Waals surface area contributed by atoms with Gasteiger partial charge in [0.25, 0.3) is 0 Å². The van der Waals surface area contributed by atoms with Crippen LogP contribution in [0.15, 0.2) is 23.8 Å². The summed E-state index contributed by atoms with van der Waals surface area (Å²) < 4.78 is 28.7. The number of hydrogen-bond donors (Lipinski definition) is 2. The average Bonchev–Trinajstić information content (AvgIpc) is 3.55. The molecule has 0 aromatic carbocycles. The summed E-state index contributed by atoms with van der Waals surface area (Å²) in [7, 11) is -4.72. The Morgan fingerprint density at radius 2 is 1.65 bits per heavy atom. The Kier molecular flexibility index (Phi) is 14.9. The molecule has 0 bridgehead atoms. The Hall–Kier alpha value is -1.47. The lowest BCUT2D eigenvalue weighted by Gasteiger charge is -2.61. The third-order valence-corrected chi connectivity index (χ3v) is 20.2. The highest BCUT2D eigenvalue weighted by Crippen LogP contribution is 2.69. The Morgan fingerprint density at radius 3 is 2.37 bits per heavy atom. The molecular weight excluding hydrogens is 796 g/mol. The first kappa shape index (κ1) is 48.5. The van der Waals surface area contributed by atoms with E-state index < -0.39 is 31.4 Å². The highest BCUT2D eigenvalue weighted by atomic mass is 31.2. The minimum Gasteiger partial charge on any atom is -0.462 e. The van der Waals surface area contributed by atoms with Gasteiger partial charge in [-0.1, -0.05) is 86.5 Å². The maximum absolute atomic E-state index is 14.3. The molecule has 352 valence electrons. The van der Waals surface area contributed by atoms with Crippen molar-refractivity contribution in [2.24, 2.45) is 93.2 Å². The number of ether oxygens (including phenoxy) is 2. The van der Waals surface area contributed by atoms with Gasteiger partial charge in [-0.05, 0) is 191 Å². The van der Waals surface area contributed by atoms with E-state index in [1.165, 1.54) is 76.2 Å². The number of allylic oxidation sites excluding steroid dienone is 3. The number of cyclic esters (lactones) is 1. The molecule has 2 N–H and O–H groups in total. The molecule has 0 amide bonds. The van der Waals surface area contributed by atoms with Crippen LogP contribution in [-0.2, 0) is 28.2 Å². The minimum absolute atomic E-state index is 0.0493. The summed E-state index contributed by atoms with van der Waals surface area (Å²) in [4.78, 5) is 45.4. The van der Waals surface area contributed by atoms with E-state index >= 15 is 0 Å². The first-order valence-corrected chi connectivity index (χ1v) is 27.1. The van der Waals surface area contributed by atoms with E-state index in [4.69, 9.17) is 14.0 Å². The van der Waals surface area contributed by atoms with Crippen molar-refractivity contribution < 1.29 is 37.9 Å². The zero-order chi connectivity index (χ0) is 44.9. The molecule has 8 nitrogen and oxygen atoms in total. The summed E-state index contributed by atoms with van der Waals surface area (Å²) in [6.45, 7) is 23.9. The number of carbonyl (C=O) groups is 2. The summed E-state index contributed by atoms with van der Waals surface area (Å²) in [5.41, 5.74) is 1.65. The molecular formula is C53H87O8P. The largest absolute Gasteiger partial charge is 0.469 e. The number of esters is 2. The fraction of sp³-hybridized carbons (Fsp3) is 0.887. The van der Waals surface area contributed by atoms with Gasteiger partial charge < -0.3 is 19.3 Å². The molecule has 0 aromatic rings. The number of carbonyl (C=O) groups excluding carboxylic acids is 2. The van der Waals surface area contributed by atoms with Crippen LogP contribution in [0.3, 0.4) is 0 Å². The molecule has 6 aliphatic carbocycles. The lowest BCUT2D eigenvalue weighted by Crippen LogP contribution is -2.53. The number of phosphoric ester groups is 1. The fourth-order valence-electron chi connectivity index (χ4n) is 15.5. The molecule has 0 aromatic heterocycles. The van der Waals surface area contributed by atoms with Gasteiger partial charge in [-0.2, -0.15) is 0 Å². The van der Waals surface area contributed by atoms with Gasteiger partial charge in [0.05, 0.1) is 17.9 Å². The number of hydrogen-bond acceptors (Lipinski definition) is 6. The van der Waals surface area contributed by atoms with Crippen molar-refractivity contribution in [1.29, 1.82) is 0 Å². The third-order valence-electron chi connectivity index (χ3n) is 19.7. The predicted octanol–water partition coefficient (Wildman–Crippen LogP) is 13.1. The molecule has 4 saturated carbocycles. The van der Waals surface area contributed by atoms with Gasteiger partial charge in [0.1, 0.15) is 12.2 Å². The lowest BCUT2D eigenvalue weighted by atomic mass is 9.44. The van der Waals surface area contributed by atoms with E-state index in [-0.39, 0.29) is 48.6 Å². The molecule has 5 unspecified atom stereocenters. The topological polar surface area (TPSA) is 119 Å². The average molecular weight is 883 g/mol. The van der Waals surface area contributed by atoms with Crippen LogP contribution in [0.1, 0.15) is 185 Å². The Morgan fingerprint density at radius 1 is 0.919 bits per heavy atom. The molecule has 5 fully saturated rings. The Bertz CT molecular complexity index is 1700. The summed E-state index contributed by atoms with van der Waals surface area (Å²) in [5.74, 6) is 7.73. The normalized spacial score (nSPS) is 41.9. The van der Waals surface area contributed by atoms with Crippen molar-refractivity contribution in [2.45, 2.75) is 203 Å². The molecule has 0 radical (unpaired) electrons. The van der Waals surface area contributed by atoms with E-state index in [0.29, 0.717) is 23.2 Å². The van der Waals surface area contributed by atoms with Crippen LogP contribution in [0.2, 0.25) is 0 Å². The lowest BCUT2D eigenvalue weighted by molar-refractivity contribution is -0.166. The Labute approximate surface area is 376 Å². The van der Waals surface area contributed by atoms with Gasteiger partial charge in [-0.25, -0.2) is 4.57 Å². The van der Waals surface area contributed by atoms with Crippen LogP contribution in [-0.4, -0.2) is 40.0 Å². The third kappa shape index (κ3) is 10.4. The highest BCUT2D eigenvalue weighted by molar-refractivity contribution is 7.46. The number of rotatable bonds is 15. The van der Waals surface area contributed by atoms with Gasteiger partial charge >= 0.3 is 19.8 Å². The second-order valence-electron chi connectivity index (χ2n) is 24.3. The molecule has 1 aliphatic heterocycles. The van der Waals surface area contributed by atoms with Crippen molar-refractivity contribution in [1.82, 2.24) is 0 Å². The van der Waals surface area contributed by atoms with Gasteiger partial charge in [0, 0.05) is 12.3 Å². The molecule has 17 atom stereocenters. The summed E-state index contributed by atoms with van der Waals surface area (Å²) in [6.07, 6.45) is 24.7. The fourth-order valence-corrected chi connectivity index (χ4v) is 16.1. The predicted molar refractivity (Wildman–Crippen MR) is 246 cm³/mol. The maximum Gasteiger partial charge on any atom is 0.469 e. The monoisotopic (exact) mass is 883 g/mol. The molecule has 0 spiro atoms. The molecule has 62 heavy (non-hydrogen) atoms. The van der Waals surface area contributed by atoms with E-state index in [1.54, 1.807) is 0 Å². The van der Waals surface area contributed by atoms with Crippen molar-refractivity contribution in [2.75, 3.05) is 0 Å². The van der Waals surface area contributed by atoms with Gasteiger partial charge in [-0.15, -0.1) is 0 Å². The smallest absolute Gasteiger partial charge is 0.462 e. The standard InChI is InChI=1S/C53H87O8P/c1-32(2)34(4)11-12-36(6)44-19-20-45-43-17-15-39-29-37(22-25-52(39,9)46(43)23-26-53(44,45)10)21-24-51(7,8)50(55)60-47-28-33(3)27-38-14-13-35(5)42(49(38)47)18-16-40-30-41(31-48(54)59-40)61-62(56,57)58/h13-14,27,32-37,39-47,49H,11-12,15-26,28-31H2,1-10H3,(H2,56,57,58)/t33-,34-,35-,36-,37?,39?,40-,41+,42-,43?,44-,45?,46?,47-,49-,52+,53-/m1/s1. The first-order chi connectivity index (χ1) is 29.1. The van der Waals surface area contributed by atoms with Crippen LogP contribution < -0.4 is 0 Å². The summed E-state index contributed by atoms with van der Waals surface area (Å²) >= 11 is 0. The summed E-state index contributed by atoms with van der Waals surface area (Å²) in [5, 5.41) is 0. The van der Waals surface area contributed by atoms with E-state index in [2.05, 4.69) is 87.5 Å². The molecule has 7 aliphatic rings. The molecule has 7 rings (SSSR count). The quantitative estimate of drug-likeness (QED) is 0.123.